The Labute approximate surface area is 110 Å². The standard InChI is InChI=1S/C11H16BF3N2O2/c1-9(2)10(3,4)19-12(18-9)8-6-7(11(13,14)15)16-17(8)5/h6H,1-5H3. The maximum absolute atomic E-state index is 12.6. The van der Waals surface area contributed by atoms with E-state index in [-0.39, 0.29) is 5.59 Å². The van der Waals surface area contributed by atoms with Gasteiger partial charge in [-0.05, 0) is 33.8 Å². The average molecular weight is 276 g/mol. The summed E-state index contributed by atoms with van der Waals surface area (Å²) in [4.78, 5) is 0. The third kappa shape index (κ3) is 2.39. The van der Waals surface area contributed by atoms with Gasteiger partial charge in [0, 0.05) is 7.05 Å². The Balaban J connectivity index is 2.33. The number of alkyl halides is 3. The lowest BCUT2D eigenvalue weighted by atomic mass is 9.84. The first kappa shape index (κ1) is 14.4. The van der Waals surface area contributed by atoms with Crippen LogP contribution in [0.5, 0.6) is 0 Å². The van der Waals surface area contributed by atoms with Crippen molar-refractivity contribution in [2.75, 3.05) is 0 Å². The second kappa shape index (κ2) is 3.99. The number of aryl methyl sites for hydroxylation is 1. The van der Waals surface area contributed by atoms with Crippen molar-refractivity contribution in [2.45, 2.75) is 45.1 Å². The quantitative estimate of drug-likeness (QED) is 0.733. The second-order valence-corrected chi connectivity index (χ2v) is 5.66. The van der Waals surface area contributed by atoms with Gasteiger partial charge >= 0.3 is 13.3 Å². The van der Waals surface area contributed by atoms with Crippen LogP contribution in [0.2, 0.25) is 0 Å². The molecule has 4 nitrogen and oxygen atoms in total. The smallest absolute Gasteiger partial charge is 0.398 e. The molecule has 19 heavy (non-hydrogen) atoms. The van der Waals surface area contributed by atoms with Gasteiger partial charge < -0.3 is 9.31 Å². The number of aromatic nitrogens is 2. The lowest BCUT2D eigenvalue weighted by Gasteiger charge is -2.32. The summed E-state index contributed by atoms with van der Waals surface area (Å²) >= 11 is 0. The van der Waals surface area contributed by atoms with E-state index in [2.05, 4.69) is 5.10 Å². The minimum Gasteiger partial charge on any atom is -0.398 e. The van der Waals surface area contributed by atoms with Crippen LogP contribution in [-0.4, -0.2) is 28.1 Å². The highest BCUT2D eigenvalue weighted by molar-refractivity contribution is 6.61. The van der Waals surface area contributed by atoms with Crippen LogP contribution < -0.4 is 5.59 Å². The van der Waals surface area contributed by atoms with E-state index in [4.69, 9.17) is 9.31 Å². The van der Waals surface area contributed by atoms with Crippen LogP contribution in [0.3, 0.4) is 0 Å². The molecule has 0 aliphatic carbocycles. The summed E-state index contributed by atoms with van der Waals surface area (Å²) in [7, 11) is 0.592. The maximum Gasteiger partial charge on any atom is 0.514 e. The largest absolute Gasteiger partial charge is 0.514 e. The fourth-order valence-corrected chi connectivity index (χ4v) is 1.80. The summed E-state index contributed by atoms with van der Waals surface area (Å²) in [5.41, 5.74) is -1.88. The third-order valence-corrected chi connectivity index (χ3v) is 3.70. The van der Waals surface area contributed by atoms with Crippen molar-refractivity contribution in [1.82, 2.24) is 9.78 Å². The normalized spacial score (nSPS) is 22.0. The predicted octanol–water partition coefficient (Wildman–Crippen LogP) is 1.74. The minimum atomic E-state index is -4.47. The molecule has 1 aromatic rings. The topological polar surface area (TPSA) is 36.3 Å². The van der Waals surface area contributed by atoms with Crippen molar-refractivity contribution in [3.05, 3.63) is 11.8 Å². The predicted molar refractivity (Wildman–Crippen MR) is 63.9 cm³/mol. The van der Waals surface area contributed by atoms with Crippen molar-refractivity contribution < 1.29 is 22.5 Å². The highest BCUT2D eigenvalue weighted by atomic mass is 19.4. The number of nitrogens with zero attached hydrogens (tertiary/aromatic N) is 2. The van der Waals surface area contributed by atoms with Gasteiger partial charge in [0.2, 0.25) is 0 Å². The van der Waals surface area contributed by atoms with Gasteiger partial charge in [0.1, 0.15) is 0 Å². The molecule has 106 valence electrons. The number of halogens is 3. The highest BCUT2D eigenvalue weighted by Crippen LogP contribution is 2.36. The van der Waals surface area contributed by atoms with E-state index in [1.165, 1.54) is 7.05 Å². The fraction of sp³-hybridized carbons (Fsp3) is 0.727. The molecular formula is C11H16BF3N2O2. The van der Waals surface area contributed by atoms with Crippen molar-refractivity contribution >= 4 is 12.7 Å². The van der Waals surface area contributed by atoms with E-state index in [0.717, 1.165) is 10.7 Å². The molecule has 0 N–H and O–H groups in total. The molecule has 1 fully saturated rings. The van der Waals surface area contributed by atoms with E-state index in [1.54, 1.807) is 0 Å². The first-order valence-electron chi connectivity index (χ1n) is 5.91. The molecule has 0 unspecified atom stereocenters. The Hall–Kier alpha value is -1.02. The Kier molecular flexibility index (Phi) is 3.02. The molecule has 0 atom stereocenters. The average Bonchev–Trinajstić information content (AvgIpc) is 2.65. The first-order chi connectivity index (χ1) is 8.44. The maximum atomic E-state index is 12.6. The van der Waals surface area contributed by atoms with Gasteiger partial charge in [-0.15, -0.1) is 0 Å². The SMILES string of the molecule is Cn1nc(C(F)(F)F)cc1B1OC(C)(C)C(C)(C)O1. The van der Waals surface area contributed by atoms with Crippen molar-refractivity contribution in [3.63, 3.8) is 0 Å². The van der Waals surface area contributed by atoms with Gasteiger partial charge in [-0.25, -0.2) is 0 Å². The molecule has 0 aromatic carbocycles. The molecule has 1 saturated heterocycles. The van der Waals surface area contributed by atoms with E-state index in [9.17, 15) is 13.2 Å². The molecule has 8 heteroatoms. The molecule has 1 aromatic heterocycles. The molecule has 2 heterocycles. The van der Waals surface area contributed by atoms with Gasteiger partial charge in [-0.1, -0.05) is 0 Å². The van der Waals surface area contributed by atoms with Gasteiger partial charge in [0.15, 0.2) is 5.69 Å². The second-order valence-electron chi connectivity index (χ2n) is 5.66. The number of hydrogen-bond donors (Lipinski definition) is 0. The summed E-state index contributed by atoms with van der Waals surface area (Å²) in [6, 6.07) is 0.960. The Bertz CT molecular complexity index is 481. The zero-order chi connectivity index (χ0) is 14.6. The van der Waals surface area contributed by atoms with Crippen molar-refractivity contribution in [2.24, 2.45) is 7.05 Å². The summed E-state index contributed by atoms with van der Waals surface area (Å²) < 4.78 is 50.4. The molecule has 2 rings (SSSR count). The molecule has 0 bridgehead atoms. The number of hydrogen-bond acceptors (Lipinski definition) is 3. The number of rotatable bonds is 1. The van der Waals surface area contributed by atoms with Crippen LogP contribution in [0, 0.1) is 0 Å². The zero-order valence-corrected chi connectivity index (χ0v) is 11.5. The molecule has 0 saturated carbocycles. The van der Waals surface area contributed by atoms with E-state index >= 15 is 0 Å². The fourth-order valence-electron chi connectivity index (χ4n) is 1.80. The lowest BCUT2D eigenvalue weighted by molar-refractivity contribution is -0.141. The van der Waals surface area contributed by atoms with E-state index in [1.807, 2.05) is 27.7 Å². The third-order valence-electron chi connectivity index (χ3n) is 3.70. The van der Waals surface area contributed by atoms with Gasteiger partial charge in [0.25, 0.3) is 0 Å². The molecule has 0 radical (unpaired) electrons. The lowest BCUT2D eigenvalue weighted by Crippen LogP contribution is -2.41. The van der Waals surface area contributed by atoms with E-state index in [0.29, 0.717) is 0 Å². The van der Waals surface area contributed by atoms with Crippen LogP contribution >= 0.6 is 0 Å². The minimum absolute atomic E-state index is 0.256. The Morgan fingerprint density at radius 2 is 1.63 bits per heavy atom. The molecule has 0 spiro atoms. The Morgan fingerprint density at radius 1 is 1.16 bits per heavy atom. The van der Waals surface area contributed by atoms with Crippen molar-refractivity contribution in [3.8, 4) is 0 Å². The van der Waals surface area contributed by atoms with Gasteiger partial charge in [-0.3, -0.25) is 4.68 Å². The molecule has 1 aliphatic rings. The monoisotopic (exact) mass is 276 g/mol. The summed E-state index contributed by atoms with van der Waals surface area (Å²) in [5, 5.41) is 3.45. The van der Waals surface area contributed by atoms with Crippen LogP contribution in [0.25, 0.3) is 0 Å². The van der Waals surface area contributed by atoms with Crippen molar-refractivity contribution in [1.29, 1.82) is 0 Å². The van der Waals surface area contributed by atoms with Crippen LogP contribution in [-0.2, 0) is 22.5 Å². The van der Waals surface area contributed by atoms with Crippen LogP contribution in [0.1, 0.15) is 33.4 Å². The summed E-state index contributed by atoms with van der Waals surface area (Å²) in [6.45, 7) is 7.37. The molecule has 1 aliphatic heterocycles. The first-order valence-corrected chi connectivity index (χ1v) is 5.91. The van der Waals surface area contributed by atoms with Gasteiger partial charge in [0.05, 0.1) is 16.8 Å². The zero-order valence-electron chi connectivity index (χ0n) is 11.5. The highest BCUT2D eigenvalue weighted by Gasteiger charge is 2.53. The van der Waals surface area contributed by atoms with Crippen LogP contribution in [0.15, 0.2) is 6.07 Å². The summed E-state index contributed by atoms with van der Waals surface area (Å²) in [6.07, 6.45) is -4.47. The summed E-state index contributed by atoms with van der Waals surface area (Å²) in [5.74, 6) is 0. The van der Waals surface area contributed by atoms with Crippen LogP contribution in [0.4, 0.5) is 13.2 Å². The molecule has 0 amide bonds. The van der Waals surface area contributed by atoms with E-state index < -0.39 is 30.2 Å². The Morgan fingerprint density at radius 3 is 2.00 bits per heavy atom. The molecular weight excluding hydrogens is 260 g/mol. The van der Waals surface area contributed by atoms with Gasteiger partial charge in [-0.2, -0.15) is 18.3 Å².